The van der Waals surface area contributed by atoms with E-state index in [0.29, 0.717) is 0 Å². The number of alkyl carbamates (subject to hydrolysis) is 1. The third kappa shape index (κ3) is 14.0. The van der Waals surface area contributed by atoms with Crippen molar-refractivity contribution in [2.75, 3.05) is 7.11 Å². The molecule has 0 unspecified atom stereocenters. The van der Waals surface area contributed by atoms with Crippen LogP contribution in [-0.4, -0.2) is 72.3 Å². The molecule has 0 aliphatic heterocycles. The minimum absolute atomic E-state index is 0.0319. The van der Waals surface area contributed by atoms with Crippen LogP contribution in [-0.2, 0) is 48.1 Å². The monoisotopic (exact) mass is 730 g/mol. The number of carbonyl (C=O) groups excluding carboxylic acids is 5. The van der Waals surface area contributed by atoms with Gasteiger partial charge in [-0.1, -0.05) is 119 Å². The molecule has 6 atom stereocenters. The predicted octanol–water partition coefficient (Wildman–Crippen LogP) is 4.09. The van der Waals surface area contributed by atoms with Crippen LogP contribution in [0, 0.1) is 17.8 Å². The number of carbonyl (C=O) groups is 5. The molecule has 0 fully saturated rings. The molecule has 0 saturated carbocycles. The molecule has 0 saturated heterocycles. The average Bonchev–Trinajstić information content (AvgIpc) is 3.14. The van der Waals surface area contributed by atoms with Crippen LogP contribution in [0.15, 0.2) is 91.0 Å². The summed E-state index contributed by atoms with van der Waals surface area (Å²) < 4.78 is 10.1. The summed E-state index contributed by atoms with van der Waals surface area (Å²) >= 11 is 0. The second-order valence-electron chi connectivity index (χ2n) is 13.9. The highest BCUT2D eigenvalue weighted by molar-refractivity contribution is 5.91. The number of hydrogen-bond acceptors (Lipinski definition) is 8. The van der Waals surface area contributed by atoms with E-state index >= 15 is 0 Å². The van der Waals surface area contributed by atoms with Gasteiger partial charge in [-0.15, -0.1) is 0 Å². The van der Waals surface area contributed by atoms with Crippen LogP contribution in [0.25, 0.3) is 0 Å². The van der Waals surface area contributed by atoms with Gasteiger partial charge in [0.1, 0.15) is 24.7 Å². The number of rotatable bonds is 19. The van der Waals surface area contributed by atoms with E-state index in [-0.39, 0.29) is 37.7 Å². The largest absolute Gasteiger partial charge is 0.467 e. The highest BCUT2D eigenvalue weighted by Crippen LogP contribution is 2.20. The van der Waals surface area contributed by atoms with Crippen molar-refractivity contribution < 1.29 is 38.6 Å². The van der Waals surface area contributed by atoms with E-state index < -0.39 is 66.0 Å². The molecule has 3 aromatic carbocycles. The molecule has 0 heterocycles. The van der Waals surface area contributed by atoms with Gasteiger partial charge in [-0.2, -0.15) is 0 Å². The van der Waals surface area contributed by atoms with Crippen LogP contribution in [0.4, 0.5) is 4.79 Å². The van der Waals surface area contributed by atoms with Crippen molar-refractivity contribution in [1.29, 1.82) is 0 Å². The van der Waals surface area contributed by atoms with Gasteiger partial charge in [0.2, 0.25) is 17.7 Å². The van der Waals surface area contributed by atoms with Gasteiger partial charge in [0, 0.05) is 5.92 Å². The van der Waals surface area contributed by atoms with E-state index in [0.717, 1.165) is 16.7 Å². The van der Waals surface area contributed by atoms with Crippen molar-refractivity contribution in [3.8, 4) is 0 Å². The number of methoxy groups -OCH3 is 1. The zero-order valence-electron chi connectivity index (χ0n) is 31.4. The first-order valence-corrected chi connectivity index (χ1v) is 18.0. The maximum atomic E-state index is 14.1. The van der Waals surface area contributed by atoms with E-state index in [1.807, 2.05) is 91.0 Å². The standard InChI is InChI=1S/C41H54N4O8/c1-26(2)35(39(49)45-36(27(3)4)40(50)52-6)44-38(48)32(22-29-16-10-7-11-17-29)24-34(46)33(23-30-18-12-8-13-19-30)43-37(47)28(5)42-41(51)53-25-31-20-14-9-15-21-31/h7-21,26-28,32-36,46H,22-25H2,1-6H3,(H,42,51)(H,43,47)(H,44,48)(H,45,49)/t28-,32+,33-,34-,35-,36-/m0/s1. The van der Waals surface area contributed by atoms with Crippen molar-refractivity contribution in [2.24, 2.45) is 17.8 Å². The molecular formula is C41H54N4O8. The third-order valence-corrected chi connectivity index (χ3v) is 8.92. The number of benzene rings is 3. The van der Waals surface area contributed by atoms with Gasteiger partial charge in [0.15, 0.2) is 0 Å². The summed E-state index contributed by atoms with van der Waals surface area (Å²) in [5.41, 5.74) is 2.47. The fraction of sp³-hybridized carbons (Fsp3) is 0.439. The summed E-state index contributed by atoms with van der Waals surface area (Å²) in [7, 11) is 1.25. The third-order valence-electron chi connectivity index (χ3n) is 8.92. The number of ether oxygens (including phenoxy) is 2. The molecule has 53 heavy (non-hydrogen) atoms. The zero-order chi connectivity index (χ0) is 38.9. The number of esters is 1. The second kappa shape index (κ2) is 21.3. The topological polar surface area (TPSA) is 172 Å². The second-order valence-corrected chi connectivity index (χ2v) is 13.9. The molecule has 0 bridgehead atoms. The zero-order valence-corrected chi connectivity index (χ0v) is 31.4. The van der Waals surface area contributed by atoms with Gasteiger partial charge in [-0.25, -0.2) is 9.59 Å². The Hall–Kier alpha value is -5.23. The summed E-state index contributed by atoms with van der Waals surface area (Å²) in [5, 5.41) is 22.8. The molecule has 12 nitrogen and oxygen atoms in total. The summed E-state index contributed by atoms with van der Waals surface area (Å²) in [6.45, 7) is 8.67. The fourth-order valence-corrected chi connectivity index (χ4v) is 5.78. The number of aliphatic hydroxyl groups excluding tert-OH is 1. The van der Waals surface area contributed by atoms with Crippen LogP contribution in [0.1, 0.15) is 57.7 Å². The first-order chi connectivity index (χ1) is 25.3. The molecule has 0 aromatic heterocycles. The molecule has 0 spiro atoms. The number of aliphatic hydroxyl groups is 1. The molecule has 286 valence electrons. The van der Waals surface area contributed by atoms with Gasteiger partial charge < -0.3 is 35.8 Å². The maximum absolute atomic E-state index is 14.1. The minimum atomic E-state index is -1.22. The molecule has 3 rings (SSSR count). The lowest BCUT2D eigenvalue weighted by Crippen LogP contribution is -2.56. The van der Waals surface area contributed by atoms with E-state index in [1.165, 1.54) is 14.0 Å². The van der Waals surface area contributed by atoms with Gasteiger partial charge in [-0.05, 0) is 54.7 Å². The Morgan fingerprint density at radius 2 is 1.09 bits per heavy atom. The predicted molar refractivity (Wildman–Crippen MR) is 201 cm³/mol. The van der Waals surface area contributed by atoms with E-state index in [4.69, 9.17) is 9.47 Å². The molecule has 12 heteroatoms. The SMILES string of the molecule is COC(=O)[C@@H](NC(=O)[C@@H](NC(=O)[C@H](Cc1ccccc1)C[C@H](O)[C@H](Cc1ccccc1)NC(=O)[C@H](C)NC(=O)OCc1ccccc1)C(C)C)C(C)C. The fourth-order valence-electron chi connectivity index (χ4n) is 5.78. The Bertz CT molecular complexity index is 1600. The summed E-state index contributed by atoms with van der Waals surface area (Å²) in [5.74, 6) is -3.56. The van der Waals surface area contributed by atoms with Crippen LogP contribution >= 0.6 is 0 Å². The highest BCUT2D eigenvalue weighted by atomic mass is 16.5. The first kappa shape index (κ1) is 42.2. The summed E-state index contributed by atoms with van der Waals surface area (Å²) in [4.78, 5) is 65.8. The van der Waals surface area contributed by atoms with E-state index in [2.05, 4.69) is 21.3 Å². The normalized spacial score (nSPS) is 14.5. The Kier molecular flexibility index (Phi) is 17.0. The Morgan fingerprint density at radius 3 is 1.60 bits per heavy atom. The van der Waals surface area contributed by atoms with Crippen LogP contribution in [0.5, 0.6) is 0 Å². The van der Waals surface area contributed by atoms with Crippen molar-refractivity contribution >= 4 is 29.8 Å². The van der Waals surface area contributed by atoms with Crippen LogP contribution < -0.4 is 21.3 Å². The van der Waals surface area contributed by atoms with Crippen molar-refractivity contribution in [3.63, 3.8) is 0 Å². The van der Waals surface area contributed by atoms with Crippen molar-refractivity contribution in [2.45, 2.75) is 90.8 Å². The van der Waals surface area contributed by atoms with Crippen molar-refractivity contribution in [3.05, 3.63) is 108 Å². The molecule has 0 radical (unpaired) electrons. The van der Waals surface area contributed by atoms with Crippen molar-refractivity contribution in [1.82, 2.24) is 21.3 Å². The maximum Gasteiger partial charge on any atom is 0.408 e. The summed E-state index contributed by atoms with van der Waals surface area (Å²) in [6, 6.07) is 24.0. The first-order valence-electron chi connectivity index (χ1n) is 18.0. The molecular weight excluding hydrogens is 676 g/mol. The molecule has 0 aliphatic carbocycles. The lowest BCUT2D eigenvalue weighted by atomic mass is 9.88. The van der Waals surface area contributed by atoms with E-state index in [1.54, 1.807) is 27.7 Å². The van der Waals surface area contributed by atoms with Crippen LogP contribution in [0.2, 0.25) is 0 Å². The molecule has 4 amide bonds. The lowest BCUT2D eigenvalue weighted by Gasteiger charge is -2.30. The quantitative estimate of drug-likeness (QED) is 0.115. The molecule has 5 N–H and O–H groups in total. The van der Waals surface area contributed by atoms with Crippen LogP contribution in [0.3, 0.4) is 0 Å². The van der Waals surface area contributed by atoms with Gasteiger partial charge in [-0.3, -0.25) is 14.4 Å². The van der Waals surface area contributed by atoms with Gasteiger partial charge in [0.25, 0.3) is 0 Å². The Morgan fingerprint density at radius 1 is 0.604 bits per heavy atom. The molecule has 0 aliphatic rings. The minimum Gasteiger partial charge on any atom is -0.467 e. The van der Waals surface area contributed by atoms with E-state index in [9.17, 15) is 29.1 Å². The number of hydrogen-bond donors (Lipinski definition) is 5. The van der Waals surface area contributed by atoms with Gasteiger partial charge in [0.05, 0.1) is 19.3 Å². The lowest BCUT2D eigenvalue weighted by molar-refractivity contribution is -0.147. The molecule has 3 aromatic rings. The smallest absolute Gasteiger partial charge is 0.408 e. The highest BCUT2D eigenvalue weighted by Gasteiger charge is 2.34. The van der Waals surface area contributed by atoms with Gasteiger partial charge >= 0.3 is 12.1 Å². The number of amides is 4. The number of nitrogens with one attached hydrogen (secondary N) is 4. The average molecular weight is 731 g/mol. The Balaban J connectivity index is 1.80. The summed E-state index contributed by atoms with van der Waals surface area (Å²) in [6.07, 6.45) is -1.58. The Labute approximate surface area is 312 Å².